The van der Waals surface area contributed by atoms with Crippen LogP contribution in [0, 0.1) is 15.9 Å². The Balaban J connectivity index is 2.09. The van der Waals surface area contributed by atoms with Crippen LogP contribution in [0.5, 0.6) is 0 Å². The number of carboxylic acid groups (broad SMARTS) is 1. The van der Waals surface area contributed by atoms with Crippen LogP contribution in [-0.4, -0.2) is 21.0 Å². The summed E-state index contributed by atoms with van der Waals surface area (Å²) in [5.41, 5.74) is 0.551. The molecule has 0 bridgehead atoms. The molecule has 1 heterocycles. The molecular weight excluding hydrogens is 319 g/mol. The third-order valence-electron chi connectivity index (χ3n) is 2.45. The summed E-state index contributed by atoms with van der Waals surface area (Å²) >= 11 is 2.46. The third kappa shape index (κ3) is 4.23. The van der Waals surface area contributed by atoms with Crippen molar-refractivity contribution in [2.45, 2.75) is 16.5 Å². The molecule has 0 aliphatic rings. The van der Waals surface area contributed by atoms with E-state index in [2.05, 4.69) is 4.98 Å². The van der Waals surface area contributed by atoms with Crippen molar-refractivity contribution in [2.24, 2.45) is 0 Å². The van der Waals surface area contributed by atoms with Gasteiger partial charge in [-0.1, -0.05) is 11.8 Å². The number of aliphatic carboxylic acids is 1. The van der Waals surface area contributed by atoms with Gasteiger partial charge in [-0.15, -0.1) is 11.3 Å². The van der Waals surface area contributed by atoms with Gasteiger partial charge in [-0.3, -0.25) is 14.9 Å². The molecule has 2 aromatic rings. The fourth-order valence-corrected chi connectivity index (χ4v) is 3.41. The number of nitro groups is 1. The zero-order valence-electron chi connectivity index (χ0n) is 10.5. The van der Waals surface area contributed by atoms with Crippen LogP contribution in [0.4, 0.5) is 10.1 Å². The normalized spacial score (nSPS) is 10.5. The predicted octanol–water partition coefficient (Wildman–Crippen LogP) is 3.11. The standard InChI is InChI=1S/C12H9FN2O4S2/c13-8-1-2-10(15(18)19)7(3-8)5-20-12-14-9(6-21-12)4-11(16)17/h1-3,6H,4-5H2,(H,16,17). The molecular formula is C12H9FN2O4S2. The van der Waals surface area contributed by atoms with Gasteiger partial charge in [0.25, 0.3) is 5.69 Å². The summed E-state index contributed by atoms with van der Waals surface area (Å²) in [7, 11) is 0. The Morgan fingerprint density at radius 1 is 1.52 bits per heavy atom. The number of thiazole rings is 1. The van der Waals surface area contributed by atoms with E-state index in [0.29, 0.717) is 10.0 Å². The molecule has 0 aliphatic carbocycles. The summed E-state index contributed by atoms with van der Waals surface area (Å²) in [6, 6.07) is 3.29. The first-order valence-corrected chi connectivity index (χ1v) is 7.54. The van der Waals surface area contributed by atoms with Crippen molar-refractivity contribution in [2.75, 3.05) is 0 Å². The van der Waals surface area contributed by atoms with Crippen LogP contribution in [-0.2, 0) is 17.0 Å². The molecule has 0 radical (unpaired) electrons. The largest absolute Gasteiger partial charge is 0.481 e. The van der Waals surface area contributed by atoms with E-state index in [-0.39, 0.29) is 23.4 Å². The average Bonchev–Trinajstić information content (AvgIpc) is 2.82. The molecule has 110 valence electrons. The van der Waals surface area contributed by atoms with E-state index in [1.54, 1.807) is 5.38 Å². The quantitative estimate of drug-likeness (QED) is 0.497. The Kier molecular flexibility index (Phi) is 4.86. The number of halogens is 1. The highest BCUT2D eigenvalue weighted by Gasteiger charge is 2.15. The molecule has 0 atom stereocenters. The Morgan fingerprint density at radius 2 is 2.29 bits per heavy atom. The lowest BCUT2D eigenvalue weighted by Gasteiger charge is -2.01. The summed E-state index contributed by atoms with van der Waals surface area (Å²) in [6.07, 6.45) is -0.169. The topological polar surface area (TPSA) is 93.3 Å². The van der Waals surface area contributed by atoms with Crippen molar-refractivity contribution >= 4 is 34.8 Å². The molecule has 21 heavy (non-hydrogen) atoms. The molecule has 0 saturated heterocycles. The summed E-state index contributed by atoms with van der Waals surface area (Å²) in [6.45, 7) is 0. The van der Waals surface area contributed by atoms with E-state index in [4.69, 9.17) is 5.11 Å². The number of nitro benzene ring substituents is 1. The van der Waals surface area contributed by atoms with E-state index < -0.39 is 16.7 Å². The van der Waals surface area contributed by atoms with E-state index in [1.165, 1.54) is 23.1 Å². The number of rotatable bonds is 6. The third-order valence-corrected chi connectivity index (χ3v) is 4.57. The van der Waals surface area contributed by atoms with Crippen LogP contribution >= 0.6 is 23.1 Å². The molecule has 1 aromatic heterocycles. The first-order valence-electron chi connectivity index (χ1n) is 5.67. The molecule has 0 fully saturated rings. The van der Waals surface area contributed by atoms with Crippen molar-refractivity contribution in [1.82, 2.24) is 4.98 Å². The van der Waals surface area contributed by atoms with Crippen LogP contribution in [0.15, 0.2) is 27.9 Å². The van der Waals surface area contributed by atoms with E-state index >= 15 is 0 Å². The van der Waals surface area contributed by atoms with Crippen LogP contribution in [0.3, 0.4) is 0 Å². The number of aromatic nitrogens is 1. The Bertz CT molecular complexity index is 690. The van der Waals surface area contributed by atoms with Crippen LogP contribution < -0.4 is 0 Å². The molecule has 0 spiro atoms. The summed E-state index contributed by atoms with van der Waals surface area (Å²) in [4.78, 5) is 25.0. The maximum absolute atomic E-state index is 13.2. The molecule has 6 nitrogen and oxygen atoms in total. The molecule has 0 aliphatic heterocycles. The summed E-state index contributed by atoms with van der Waals surface area (Å²) < 4.78 is 13.8. The molecule has 0 amide bonds. The van der Waals surface area contributed by atoms with Gasteiger partial charge < -0.3 is 5.11 Å². The molecule has 0 saturated carbocycles. The number of carboxylic acids is 1. The Labute approximate surface area is 126 Å². The van der Waals surface area contributed by atoms with Crippen LogP contribution in [0.2, 0.25) is 0 Å². The Morgan fingerprint density at radius 3 is 2.95 bits per heavy atom. The number of hydrogen-bond acceptors (Lipinski definition) is 6. The van der Waals surface area contributed by atoms with Gasteiger partial charge in [0.15, 0.2) is 0 Å². The maximum atomic E-state index is 13.2. The van der Waals surface area contributed by atoms with Gasteiger partial charge in [0.05, 0.1) is 17.0 Å². The molecule has 9 heteroatoms. The van der Waals surface area contributed by atoms with Crippen molar-refractivity contribution in [3.05, 3.63) is 50.8 Å². The average molecular weight is 328 g/mol. The highest BCUT2D eigenvalue weighted by Crippen LogP contribution is 2.30. The first-order chi connectivity index (χ1) is 9.95. The van der Waals surface area contributed by atoms with Gasteiger partial charge in [0, 0.05) is 22.8 Å². The number of thioether (sulfide) groups is 1. The summed E-state index contributed by atoms with van der Waals surface area (Å²) in [5, 5.41) is 21.1. The van der Waals surface area contributed by atoms with Gasteiger partial charge in [0.1, 0.15) is 10.2 Å². The number of carbonyl (C=O) groups is 1. The molecule has 0 unspecified atom stereocenters. The zero-order chi connectivity index (χ0) is 15.4. The second-order valence-electron chi connectivity index (χ2n) is 3.99. The van der Waals surface area contributed by atoms with E-state index in [9.17, 15) is 19.3 Å². The van der Waals surface area contributed by atoms with Gasteiger partial charge in [-0.05, 0) is 12.1 Å². The summed E-state index contributed by atoms with van der Waals surface area (Å²) in [5.74, 6) is -1.33. The van der Waals surface area contributed by atoms with Crippen molar-refractivity contribution < 1.29 is 19.2 Å². The minimum absolute atomic E-state index is 0.147. The molecule has 2 rings (SSSR count). The van der Waals surface area contributed by atoms with Crippen LogP contribution in [0.25, 0.3) is 0 Å². The highest BCUT2D eigenvalue weighted by atomic mass is 32.2. The highest BCUT2D eigenvalue weighted by molar-refractivity contribution is 8.00. The predicted molar refractivity (Wildman–Crippen MR) is 76.1 cm³/mol. The van der Waals surface area contributed by atoms with Gasteiger partial charge in [-0.2, -0.15) is 0 Å². The lowest BCUT2D eigenvalue weighted by molar-refractivity contribution is -0.385. The van der Waals surface area contributed by atoms with Crippen molar-refractivity contribution in [3.63, 3.8) is 0 Å². The zero-order valence-corrected chi connectivity index (χ0v) is 12.1. The number of hydrogen-bond donors (Lipinski definition) is 1. The van der Waals surface area contributed by atoms with Gasteiger partial charge >= 0.3 is 5.97 Å². The minimum Gasteiger partial charge on any atom is -0.481 e. The Hall–Kier alpha value is -2.00. The van der Waals surface area contributed by atoms with Crippen molar-refractivity contribution in [3.8, 4) is 0 Å². The second kappa shape index (κ2) is 6.64. The van der Waals surface area contributed by atoms with Gasteiger partial charge in [-0.25, -0.2) is 9.37 Å². The minimum atomic E-state index is -0.974. The maximum Gasteiger partial charge on any atom is 0.309 e. The fraction of sp³-hybridized carbons (Fsp3) is 0.167. The smallest absolute Gasteiger partial charge is 0.309 e. The van der Waals surface area contributed by atoms with Crippen LogP contribution in [0.1, 0.15) is 11.3 Å². The first kappa shape index (κ1) is 15.4. The van der Waals surface area contributed by atoms with E-state index in [0.717, 1.165) is 18.2 Å². The number of benzene rings is 1. The lowest BCUT2D eigenvalue weighted by Crippen LogP contribution is -1.99. The fourth-order valence-electron chi connectivity index (χ4n) is 1.58. The van der Waals surface area contributed by atoms with Gasteiger partial charge in [0.2, 0.25) is 0 Å². The molecule has 1 aromatic carbocycles. The lowest BCUT2D eigenvalue weighted by atomic mass is 10.2. The van der Waals surface area contributed by atoms with Crippen molar-refractivity contribution in [1.29, 1.82) is 0 Å². The molecule has 1 N–H and O–H groups in total. The number of nitrogens with zero attached hydrogens (tertiary/aromatic N) is 2. The second-order valence-corrected chi connectivity index (χ2v) is 6.07. The monoisotopic (exact) mass is 328 g/mol. The van der Waals surface area contributed by atoms with E-state index in [1.807, 2.05) is 0 Å². The SMILES string of the molecule is O=C(O)Cc1csc(SCc2cc(F)ccc2[N+](=O)[O-])n1.